The van der Waals surface area contributed by atoms with Crippen molar-refractivity contribution in [2.75, 3.05) is 31.6 Å². The molecule has 0 spiro atoms. The molecule has 2 saturated heterocycles. The van der Waals surface area contributed by atoms with Gasteiger partial charge in [-0.25, -0.2) is 9.38 Å². The summed E-state index contributed by atoms with van der Waals surface area (Å²) in [7, 11) is 0. The van der Waals surface area contributed by atoms with Crippen LogP contribution in [-0.4, -0.2) is 75.5 Å². The number of hydrogen-bond donors (Lipinski definition) is 4. The first kappa shape index (κ1) is 25.0. The lowest BCUT2D eigenvalue weighted by molar-refractivity contribution is -0.0308. The van der Waals surface area contributed by atoms with Crippen molar-refractivity contribution in [1.29, 1.82) is 0 Å². The number of aliphatic hydroxyl groups excluding tert-OH is 2. The van der Waals surface area contributed by atoms with Crippen LogP contribution in [0.1, 0.15) is 24.3 Å². The second-order valence-corrected chi connectivity index (χ2v) is 10.2. The number of benzene rings is 2. The Morgan fingerprint density at radius 1 is 1.05 bits per heavy atom. The first-order chi connectivity index (χ1) is 18.5. The molecular formula is C28H33FN6O3. The molecule has 0 bridgehead atoms. The summed E-state index contributed by atoms with van der Waals surface area (Å²) in [5.41, 5.74) is 8.22. The van der Waals surface area contributed by atoms with Crippen molar-refractivity contribution in [3.05, 3.63) is 71.7 Å². The van der Waals surface area contributed by atoms with Crippen molar-refractivity contribution in [2.24, 2.45) is 4.99 Å². The van der Waals surface area contributed by atoms with Gasteiger partial charge in [0, 0.05) is 50.0 Å². The molecule has 200 valence electrons. The molecule has 0 aliphatic carbocycles. The molecule has 3 aliphatic heterocycles. The highest BCUT2D eigenvalue weighted by Crippen LogP contribution is 2.41. The SMILES string of the molecule is C[C@H]1O[C@@H](n2cc(-c3ccc(CN4CCNCC4)cc3)c3c2N=CN(Nc2ccc(F)cc2)C3)[C@H](O)[C@@H]1O. The Morgan fingerprint density at radius 3 is 2.47 bits per heavy atom. The molecule has 10 heteroatoms. The summed E-state index contributed by atoms with van der Waals surface area (Å²) in [6.45, 7) is 7.27. The smallest absolute Gasteiger partial charge is 0.164 e. The predicted octanol–water partition coefficient (Wildman–Crippen LogP) is 2.84. The van der Waals surface area contributed by atoms with E-state index in [0.29, 0.717) is 12.4 Å². The van der Waals surface area contributed by atoms with Gasteiger partial charge in [0.25, 0.3) is 0 Å². The summed E-state index contributed by atoms with van der Waals surface area (Å²) in [6.07, 6.45) is 0.335. The molecule has 0 radical (unpaired) electrons. The summed E-state index contributed by atoms with van der Waals surface area (Å²) in [4.78, 5) is 7.15. The molecule has 2 aromatic carbocycles. The van der Waals surface area contributed by atoms with Crippen molar-refractivity contribution in [1.82, 2.24) is 19.8 Å². The number of anilines is 1. The Hall–Kier alpha value is -3.28. The van der Waals surface area contributed by atoms with Crippen LogP contribution in [0.2, 0.25) is 0 Å². The lowest BCUT2D eigenvalue weighted by Gasteiger charge is -2.27. The molecular weight excluding hydrogens is 487 g/mol. The van der Waals surface area contributed by atoms with Gasteiger partial charge in [-0.1, -0.05) is 24.3 Å². The molecule has 6 rings (SSSR count). The van der Waals surface area contributed by atoms with E-state index < -0.39 is 24.5 Å². The maximum absolute atomic E-state index is 13.4. The van der Waals surface area contributed by atoms with Crippen molar-refractivity contribution in [2.45, 2.75) is 44.6 Å². The minimum atomic E-state index is -1.07. The number of piperazine rings is 1. The number of halogens is 1. The fourth-order valence-corrected chi connectivity index (χ4v) is 5.37. The highest BCUT2D eigenvalue weighted by atomic mass is 19.1. The molecule has 0 unspecified atom stereocenters. The third kappa shape index (κ3) is 4.93. The maximum atomic E-state index is 13.4. The van der Waals surface area contributed by atoms with Crippen molar-refractivity contribution in [3.8, 4) is 11.1 Å². The summed E-state index contributed by atoms with van der Waals surface area (Å²) < 4.78 is 21.1. The van der Waals surface area contributed by atoms with E-state index >= 15 is 0 Å². The average Bonchev–Trinajstić information content (AvgIpc) is 3.43. The van der Waals surface area contributed by atoms with Crippen LogP contribution in [0.25, 0.3) is 11.1 Å². The Kier molecular flexibility index (Phi) is 6.89. The van der Waals surface area contributed by atoms with Crippen molar-refractivity contribution >= 4 is 17.8 Å². The van der Waals surface area contributed by atoms with Crippen molar-refractivity contribution in [3.63, 3.8) is 0 Å². The molecule has 38 heavy (non-hydrogen) atoms. The van der Waals surface area contributed by atoms with E-state index in [1.54, 1.807) is 25.4 Å². The van der Waals surface area contributed by atoms with Crippen LogP contribution in [-0.2, 0) is 17.8 Å². The lowest BCUT2D eigenvalue weighted by Crippen LogP contribution is -2.42. The molecule has 0 saturated carbocycles. The highest BCUT2D eigenvalue weighted by molar-refractivity contribution is 5.77. The van der Waals surface area contributed by atoms with E-state index in [-0.39, 0.29) is 5.82 Å². The van der Waals surface area contributed by atoms with E-state index in [1.165, 1.54) is 17.7 Å². The number of aromatic nitrogens is 1. The Balaban J connectivity index is 1.30. The number of nitrogens with zero attached hydrogens (tertiary/aromatic N) is 4. The second kappa shape index (κ2) is 10.5. The molecule has 3 aliphatic rings. The van der Waals surface area contributed by atoms with Crippen molar-refractivity contribution < 1.29 is 19.3 Å². The van der Waals surface area contributed by atoms with Gasteiger partial charge in [-0.2, -0.15) is 0 Å². The van der Waals surface area contributed by atoms with Crippen LogP contribution in [0, 0.1) is 5.82 Å². The molecule has 3 aromatic rings. The number of fused-ring (bicyclic) bond motifs is 1. The van der Waals surface area contributed by atoms with Gasteiger partial charge >= 0.3 is 0 Å². The van der Waals surface area contributed by atoms with Crippen LogP contribution in [0.3, 0.4) is 0 Å². The van der Waals surface area contributed by atoms with Gasteiger partial charge in [0.1, 0.15) is 30.2 Å². The summed E-state index contributed by atoms with van der Waals surface area (Å²) in [5.74, 6) is 0.379. The number of hydrazine groups is 1. The quantitative estimate of drug-likeness (QED) is 0.397. The molecule has 4 atom stereocenters. The maximum Gasteiger partial charge on any atom is 0.164 e. The van der Waals surface area contributed by atoms with Gasteiger partial charge in [-0.15, -0.1) is 0 Å². The highest BCUT2D eigenvalue weighted by Gasteiger charge is 2.43. The second-order valence-electron chi connectivity index (χ2n) is 10.2. The van der Waals surface area contributed by atoms with Crippen LogP contribution in [0.4, 0.5) is 15.9 Å². The average molecular weight is 521 g/mol. The minimum Gasteiger partial charge on any atom is -0.388 e. The molecule has 1 aromatic heterocycles. The fraction of sp³-hybridized carbons (Fsp3) is 0.393. The molecule has 0 amide bonds. The monoisotopic (exact) mass is 520 g/mol. The van der Waals surface area contributed by atoms with Gasteiger partial charge in [-0.3, -0.25) is 15.3 Å². The summed E-state index contributed by atoms with van der Waals surface area (Å²) in [6, 6.07) is 14.7. The predicted molar refractivity (Wildman–Crippen MR) is 143 cm³/mol. The van der Waals surface area contributed by atoms with E-state index in [0.717, 1.165) is 55.1 Å². The number of hydrogen-bond acceptors (Lipinski definition) is 8. The zero-order chi connectivity index (χ0) is 26.2. The molecule has 2 fully saturated rings. The van der Waals surface area contributed by atoms with Gasteiger partial charge in [0.2, 0.25) is 0 Å². The van der Waals surface area contributed by atoms with Crippen LogP contribution in [0.5, 0.6) is 0 Å². The van der Waals surface area contributed by atoms with Crippen LogP contribution < -0.4 is 10.7 Å². The van der Waals surface area contributed by atoms with Gasteiger partial charge < -0.3 is 24.8 Å². The van der Waals surface area contributed by atoms with Crippen LogP contribution >= 0.6 is 0 Å². The zero-order valence-corrected chi connectivity index (χ0v) is 21.3. The summed E-state index contributed by atoms with van der Waals surface area (Å²) >= 11 is 0. The van der Waals surface area contributed by atoms with Gasteiger partial charge in [-0.05, 0) is 42.3 Å². The lowest BCUT2D eigenvalue weighted by atomic mass is 10.0. The Bertz CT molecular complexity index is 1290. The fourth-order valence-electron chi connectivity index (χ4n) is 5.37. The standard InChI is InChI=1S/C28H33FN6O3/c1-18-25(36)26(37)28(38-18)35-16-23(20-4-2-19(3-5-20)14-33-12-10-30-11-13-33)24-15-34(17-31-27(24)35)32-22-8-6-21(29)7-9-22/h2-9,16-18,25-26,28,30,32,36-37H,10-15H2,1H3/t18-,25-,26-,28-/m1/s1. The van der Waals surface area contributed by atoms with Crippen LogP contribution in [0.15, 0.2) is 59.7 Å². The number of aliphatic imine (C=N–C) groups is 1. The number of aliphatic hydroxyl groups is 2. The van der Waals surface area contributed by atoms with Gasteiger partial charge in [0.05, 0.1) is 18.3 Å². The van der Waals surface area contributed by atoms with E-state index in [2.05, 4.69) is 39.9 Å². The third-order valence-corrected chi connectivity index (χ3v) is 7.50. The minimum absolute atomic E-state index is 0.295. The first-order valence-corrected chi connectivity index (χ1v) is 13.1. The molecule has 4 heterocycles. The third-order valence-electron chi connectivity index (χ3n) is 7.50. The number of rotatable bonds is 6. The Labute approximate surface area is 221 Å². The largest absolute Gasteiger partial charge is 0.388 e. The summed E-state index contributed by atoms with van der Waals surface area (Å²) in [5, 5.41) is 26.3. The molecule has 4 N–H and O–H groups in total. The normalized spacial score (nSPS) is 25.5. The topological polar surface area (TPSA) is 97.5 Å². The van der Waals surface area contributed by atoms with E-state index in [9.17, 15) is 14.6 Å². The van der Waals surface area contributed by atoms with Gasteiger partial charge in [0.15, 0.2) is 6.23 Å². The van der Waals surface area contributed by atoms with E-state index in [4.69, 9.17) is 9.73 Å². The molecule has 9 nitrogen and oxygen atoms in total. The zero-order valence-electron chi connectivity index (χ0n) is 21.3. The number of nitrogens with one attached hydrogen (secondary N) is 2. The van der Waals surface area contributed by atoms with E-state index in [1.807, 2.05) is 15.8 Å². The number of ether oxygens (including phenoxy) is 1. The Morgan fingerprint density at radius 2 is 1.79 bits per heavy atom. The first-order valence-electron chi connectivity index (χ1n) is 13.1.